The molecular weight excluding hydrogens is 312 g/mol. The third-order valence-electron chi connectivity index (χ3n) is 3.94. The molecule has 2 unspecified atom stereocenters. The van der Waals surface area contributed by atoms with Crippen molar-refractivity contribution in [2.75, 3.05) is 18.1 Å². The van der Waals surface area contributed by atoms with Crippen molar-refractivity contribution in [1.29, 1.82) is 0 Å². The third kappa shape index (κ3) is 6.95. The van der Waals surface area contributed by atoms with Gasteiger partial charge in [-0.25, -0.2) is 4.79 Å². The van der Waals surface area contributed by atoms with E-state index in [0.717, 1.165) is 17.7 Å². The van der Waals surface area contributed by atoms with Crippen LogP contribution in [-0.2, 0) is 11.2 Å². The van der Waals surface area contributed by atoms with E-state index in [1.165, 1.54) is 5.75 Å². The van der Waals surface area contributed by atoms with Crippen LogP contribution in [0.25, 0.3) is 0 Å². The van der Waals surface area contributed by atoms with E-state index in [0.29, 0.717) is 25.3 Å². The number of carboxylic acids is 1. The van der Waals surface area contributed by atoms with Gasteiger partial charge in [-0.1, -0.05) is 30.3 Å². The summed E-state index contributed by atoms with van der Waals surface area (Å²) >= 11 is 1.92. The predicted octanol–water partition coefficient (Wildman–Crippen LogP) is 2.51. The van der Waals surface area contributed by atoms with Crippen molar-refractivity contribution in [1.82, 2.24) is 10.6 Å². The second-order valence-corrected chi connectivity index (χ2v) is 7.05. The number of carbonyl (C=O) groups excluding carboxylic acids is 1. The van der Waals surface area contributed by atoms with E-state index in [-0.39, 0.29) is 18.5 Å². The molecule has 2 amide bonds. The van der Waals surface area contributed by atoms with Gasteiger partial charge in [0.25, 0.3) is 0 Å². The lowest BCUT2D eigenvalue weighted by molar-refractivity contribution is -0.137. The van der Waals surface area contributed by atoms with Crippen LogP contribution in [-0.4, -0.2) is 41.2 Å². The van der Waals surface area contributed by atoms with Gasteiger partial charge in [0.2, 0.25) is 0 Å². The molecular formula is C17H24N2O3S. The van der Waals surface area contributed by atoms with E-state index in [9.17, 15) is 9.59 Å². The Morgan fingerprint density at radius 3 is 2.74 bits per heavy atom. The number of hydrogen-bond donors (Lipinski definition) is 3. The fourth-order valence-corrected chi connectivity index (χ4v) is 3.92. The first-order valence-electron chi connectivity index (χ1n) is 8.01. The normalized spacial score (nSPS) is 18.3. The lowest BCUT2D eigenvalue weighted by Gasteiger charge is -2.19. The molecule has 1 heterocycles. The highest BCUT2D eigenvalue weighted by atomic mass is 32.2. The molecule has 0 aromatic heterocycles. The number of urea groups is 1. The monoisotopic (exact) mass is 336 g/mol. The molecule has 0 saturated carbocycles. The highest BCUT2D eigenvalue weighted by Crippen LogP contribution is 2.22. The highest BCUT2D eigenvalue weighted by molar-refractivity contribution is 7.99. The van der Waals surface area contributed by atoms with E-state index in [1.807, 2.05) is 42.1 Å². The Morgan fingerprint density at radius 1 is 1.30 bits per heavy atom. The third-order valence-corrected chi connectivity index (χ3v) is 5.17. The molecule has 2 rings (SSSR count). The number of aliphatic carboxylic acids is 1. The fraction of sp³-hybridized carbons (Fsp3) is 0.529. The average Bonchev–Trinajstić information content (AvgIpc) is 3.05. The maximum atomic E-state index is 12.1. The van der Waals surface area contributed by atoms with Crippen LogP contribution in [0.4, 0.5) is 4.79 Å². The summed E-state index contributed by atoms with van der Waals surface area (Å²) in [6.07, 6.45) is 2.27. The van der Waals surface area contributed by atoms with Crippen LogP contribution in [0.1, 0.15) is 24.8 Å². The second kappa shape index (κ2) is 9.45. The summed E-state index contributed by atoms with van der Waals surface area (Å²) in [5, 5.41) is 14.7. The van der Waals surface area contributed by atoms with E-state index in [2.05, 4.69) is 10.6 Å². The molecule has 5 nitrogen and oxygen atoms in total. The van der Waals surface area contributed by atoms with Gasteiger partial charge in [-0.2, -0.15) is 11.8 Å². The van der Waals surface area contributed by atoms with Gasteiger partial charge in [-0.05, 0) is 42.2 Å². The summed E-state index contributed by atoms with van der Waals surface area (Å²) < 4.78 is 0. The van der Waals surface area contributed by atoms with Crippen molar-refractivity contribution in [3.8, 4) is 0 Å². The van der Waals surface area contributed by atoms with Gasteiger partial charge < -0.3 is 15.7 Å². The molecule has 0 spiro atoms. The number of hydrogen-bond acceptors (Lipinski definition) is 3. The molecule has 1 aliphatic heterocycles. The predicted molar refractivity (Wildman–Crippen MR) is 92.8 cm³/mol. The zero-order chi connectivity index (χ0) is 16.5. The Balaban J connectivity index is 1.82. The topological polar surface area (TPSA) is 78.4 Å². The summed E-state index contributed by atoms with van der Waals surface area (Å²) in [5.41, 5.74) is 1.09. The number of benzene rings is 1. The lowest BCUT2D eigenvalue weighted by atomic mass is 10.0. The van der Waals surface area contributed by atoms with Crippen molar-refractivity contribution < 1.29 is 14.7 Å². The number of thioether (sulfide) groups is 1. The molecule has 1 aliphatic rings. The highest BCUT2D eigenvalue weighted by Gasteiger charge is 2.18. The number of amides is 2. The Kier molecular flexibility index (Phi) is 7.26. The van der Waals surface area contributed by atoms with Gasteiger partial charge in [-0.15, -0.1) is 0 Å². The van der Waals surface area contributed by atoms with Gasteiger partial charge >= 0.3 is 12.0 Å². The SMILES string of the molecule is O=C(O)CCC(Cc1ccccc1)NC(=O)NCC1CCSC1. The number of rotatable bonds is 8. The first-order chi connectivity index (χ1) is 11.1. The molecule has 1 aromatic rings. The van der Waals surface area contributed by atoms with E-state index in [1.54, 1.807) is 0 Å². The second-order valence-electron chi connectivity index (χ2n) is 5.90. The number of carbonyl (C=O) groups is 2. The molecule has 6 heteroatoms. The molecule has 1 fully saturated rings. The van der Waals surface area contributed by atoms with Gasteiger partial charge in [-0.3, -0.25) is 4.79 Å². The largest absolute Gasteiger partial charge is 0.481 e. The maximum absolute atomic E-state index is 12.1. The van der Waals surface area contributed by atoms with Gasteiger partial charge in [0, 0.05) is 19.0 Å². The van der Waals surface area contributed by atoms with E-state index >= 15 is 0 Å². The molecule has 126 valence electrons. The van der Waals surface area contributed by atoms with Crippen molar-refractivity contribution >= 4 is 23.8 Å². The first kappa shape index (κ1) is 17.7. The molecule has 0 radical (unpaired) electrons. The van der Waals surface area contributed by atoms with Gasteiger partial charge in [0.15, 0.2) is 0 Å². The van der Waals surface area contributed by atoms with Crippen molar-refractivity contribution in [3.05, 3.63) is 35.9 Å². The lowest BCUT2D eigenvalue weighted by Crippen LogP contribution is -2.44. The standard InChI is InChI=1S/C17H24N2O3S/c20-16(21)7-6-15(10-13-4-2-1-3-5-13)19-17(22)18-11-14-8-9-23-12-14/h1-5,14-15H,6-12H2,(H,20,21)(H2,18,19,22). The van der Waals surface area contributed by atoms with Crippen LogP contribution >= 0.6 is 11.8 Å². The summed E-state index contributed by atoms with van der Waals surface area (Å²) in [6, 6.07) is 9.43. The van der Waals surface area contributed by atoms with Crippen LogP contribution < -0.4 is 10.6 Å². The average molecular weight is 336 g/mol. The Labute approximate surface area is 141 Å². The quantitative estimate of drug-likeness (QED) is 0.681. The summed E-state index contributed by atoms with van der Waals surface area (Å²) in [4.78, 5) is 22.9. The van der Waals surface area contributed by atoms with Crippen LogP contribution in [0.15, 0.2) is 30.3 Å². The molecule has 0 bridgehead atoms. The van der Waals surface area contributed by atoms with Crippen LogP contribution in [0.5, 0.6) is 0 Å². The zero-order valence-corrected chi connectivity index (χ0v) is 14.0. The minimum absolute atomic E-state index is 0.0526. The van der Waals surface area contributed by atoms with Gasteiger partial charge in [0.1, 0.15) is 0 Å². The van der Waals surface area contributed by atoms with Crippen LogP contribution in [0, 0.1) is 5.92 Å². The minimum Gasteiger partial charge on any atom is -0.481 e. The minimum atomic E-state index is -0.840. The van der Waals surface area contributed by atoms with E-state index < -0.39 is 5.97 Å². The first-order valence-corrected chi connectivity index (χ1v) is 9.17. The molecule has 23 heavy (non-hydrogen) atoms. The van der Waals surface area contributed by atoms with Crippen molar-refractivity contribution in [2.24, 2.45) is 5.92 Å². The maximum Gasteiger partial charge on any atom is 0.315 e. The molecule has 1 aromatic carbocycles. The molecule has 0 aliphatic carbocycles. The number of carboxylic acid groups (broad SMARTS) is 1. The fourth-order valence-electron chi connectivity index (χ4n) is 2.64. The van der Waals surface area contributed by atoms with Crippen LogP contribution in [0.3, 0.4) is 0 Å². The van der Waals surface area contributed by atoms with Crippen molar-refractivity contribution in [3.63, 3.8) is 0 Å². The molecule has 3 N–H and O–H groups in total. The Morgan fingerprint density at radius 2 is 2.09 bits per heavy atom. The van der Waals surface area contributed by atoms with E-state index in [4.69, 9.17) is 5.11 Å². The van der Waals surface area contributed by atoms with Crippen LogP contribution in [0.2, 0.25) is 0 Å². The summed E-state index contributed by atoms with van der Waals surface area (Å²) in [5.74, 6) is 1.99. The number of nitrogens with one attached hydrogen (secondary N) is 2. The van der Waals surface area contributed by atoms with Gasteiger partial charge in [0.05, 0.1) is 0 Å². The van der Waals surface area contributed by atoms with Crippen molar-refractivity contribution in [2.45, 2.75) is 31.7 Å². The molecule has 2 atom stereocenters. The summed E-state index contributed by atoms with van der Waals surface area (Å²) in [6.45, 7) is 0.690. The Hall–Kier alpha value is -1.69. The summed E-state index contributed by atoms with van der Waals surface area (Å²) in [7, 11) is 0. The Bertz CT molecular complexity index is 504. The smallest absolute Gasteiger partial charge is 0.315 e. The molecule has 1 saturated heterocycles. The zero-order valence-electron chi connectivity index (χ0n) is 13.2.